The molecule has 3 heterocycles. The van der Waals surface area contributed by atoms with Crippen LogP contribution in [0.1, 0.15) is 18.4 Å². The highest BCUT2D eigenvalue weighted by atomic mass is 79.9. The summed E-state index contributed by atoms with van der Waals surface area (Å²) in [4.78, 5) is 19.0. The van der Waals surface area contributed by atoms with Crippen molar-refractivity contribution in [1.82, 2.24) is 19.7 Å². The third kappa shape index (κ3) is 4.06. The monoisotopic (exact) mass is 440 g/mol. The van der Waals surface area contributed by atoms with E-state index in [1.54, 1.807) is 12.5 Å². The number of anilines is 2. The first-order valence-corrected chi connectivity index (χ1v) is 10.0. The number of hydrogen-bond donors (Lipinski definition) is 1. The molecule has 0 aliphatic carbocycles. The van der Waals surface area contributed by atoms with Crippen molar-refractivity contribution in [3.63, 3.8) is 0 Å². The molecule has 1 fully saturated rings. The van der Waals surface area contributed by atoms with Crippen molar-refractivity contribution in [2.75, 3.05) is 23.3 Å². The quantitative estimate of drug-likeness (QED) is 0.670. The van der Waals surface area contributed by atoms with E-state index in [2.05, 4.69) is 41.3 Å². The summed E-state index contributed by atoms with van der Waals surface area (Å²) in [6.07, 6.45) is 7.04. The van der Waals surface area contributed by atoms with Crippen LogP contribution in [0.5, 0.6) is 0 Å². The lowest BCUT2D eigenvalue weighted by atomic mass is 9.97. The molecular formula is C20H21BrN6O. The highest BCUT2D eigenvalue weighted by Crippen LogP contribution is 2.25. The Hall–Kier alpha value is -2.74. The lowest BCUT2D eigenvalue weighted by molar-refractivity contribution is -0.120. The Kier molecular flexibility index (Phi) is 5.38. The van der Waals surface area contributed by atoms with Crippen LogP contribution in [0, 0.1) is 12.8 Å². The number of rotatable bonds is 4. The summed E-state index contributed by atoms with van der Waals surface area (Å²) >= 11 is 3.45. The predicted octanol–water partition coefficient (Wildman–Crippen LogP) is 3.59. The van der Waals surface area contributed by atoms with Crippen LogP contribution in [0.3, 0.4) is 0 Å². The Bertz CT molecular complexity index is 957. The van der Waals surface area contributed by atoms with Crippen molar-refractivity contribution in [2.45, 2.75) is 19.8 Å². The SMILES string of the molecule is Cc1cc(Br)ccc1NC(=O)C1CCCN(c2ccc(-n3ccnc3)nn2)C1. The maximum absolute atomic E-state index is 12.8. The molecule has 1 aliphatic heterocycles. The standard InChI is InChI=1S/C20H21BrN6O/c1-14-11-16(21)4-5-17(14)23-20(28)15-3-2-9-26(12-15)18-6-7-19(25-24-18)27-10-8-22-13-27/h4-8,10-11,13,15H,2-3,9,12H2,1H3,(H,23,28). The van der Waals surface area contributed by atoms with Crippen LogP contribution in [-0.4, -0.2) is 38.7 Å². The van der Waals surface area contributed by atoms with Gasteiger partial charge in [0, 0.05) is 35.6 Å². The zero-order valence-electron chi connectivity index (χ0n) is 15.5. The van der Waals surface area contributed by atoms with Gasteiger partial charge in [-0.3, -0.25) is 9.36 Å². The first kappa shape index (κ1) is 18.6. The number of amides is 1. The molecule has 1 aromatic carbocycles. The molecule has 3 aromatic rings. The van der Waals surface area contributed by atoms with E-state index in [1.807, 2.05) is 48.0 Å². The molecule has 2 aromatic heterocycles. The molecule has 1 N–H and O–H groups in total. The Balaban J connectivity index is 1.43. The first-order chi connectivity index (χ1) is 13.6. The number of aryl methyl sites for hydroxylation is 1. The Morgan fingerprint density at radius 1 is 1.21 bits per heavy atom. The van der Waals surface area contributed by atoms with Crippen molar-refractivity contribution in [2.24, 2.45) is 5.92 Å². The number of imidazole rings is 1. The van der Waals surface area contributed by atoms with Gasteiger partial charge in [-0.15, -0.1) is 10.2 Å². The molecular weight excluding hydrogens is 420 g/mol. The van der Waals surface area contributed by atoms with Gasteiger partial charge in [-0.25, -0.2) is 4.98 Å². The topological polar surface area (TPSA) is 75.9 Å². The van der Waals surface area contributed by atoms with Gasteiger partial charge in [-0.05, 0) is 55.7 Å². The second-order valence-electron chi connectivity index (χ2n) is 6.95. The maximum Gasteiger partial charge on any atom is 0.229 e. The minimum atomic E-state index is -0.0769. The molecule has 1 saturated heterocycles. The second kappa shape index (κ2) is 8.10. The van der Waals surface area contributed by atoms with Crippen LogP contribution in [-0.2, 0) is 4.79 Å². The van der Waals surface area contributed by atoms with Crippen molar-refractivity contribution >= 4 is 33.3 Å². The van der Waals surface area contributed by atoms with Gasteiger partial charge in [-0.1, -0.05) is 15.9 Å². The minimum Gasteiger partial charge on any atom is -0.354 e. The number of halogens is 1. The maximum atomic E-state index is 12.8. The Morgan fingerprint density at radius 3 is 2.75 bits per heavy atom. The van der Waals surface area contributed by atoms with E-state index in [4.69, 9.17) is 0 Å². The molecule has 4 rings (SSSR count). The molecule has 144 valence electrons. The largest absolute Gasteiger partial charge is 0.354 e. The van der Waals surface area contributed by atoms with Crippen molar-refractivity contribution in [1.29, 1.82) is 0 Å². The zero-order valence-corrected chi connectivity index (χ0v) is 17.1. The number of nitrogens with zero attached hydrogens (tertiary/aromatic N) is 5. The third-order valence-electron chi connectivity index (χ3n) is 4.97. The van der Waals surface area contributed by atoms with Gasteiger partial charge in [0.25, 0.3) is 0 Å². The van der Waals surface area contributed by atoms with E-state index in [9.17, 15) is 4.79 Å². The molecule has 1 aliphatic rings. The number of carbonyl (C=O) groups is 1. The number of carbonyl (C=O) groups excluding carboxylic acids is 1. The molecule has 1 unspecified atom stereocenters. The molecule has 0 saturated carbocycles. The van der Waals surface area contributed by atoms with Crippen LogP contribution in [0.2, 0.25) is 0 Å². The predicted molar refractivity (Wildman–Crippen MR) is 112 cm³/mol. The molecule has 0 radical (unpaired) electrons. The Morgan fingerprint density at radius 2 is 2.04 bits per heavy atom. The normalized spacial score (nSPS) is 16.8. The highest BCUT2D eigenvalue weighted by molar-refractivity contribution is 9.10. The number of hydrogen-bond acceptors (Lipinski definition) is 5. The Labute approximate surface area is 171 Å². The summed E-state index contributed by atoms with van der Waals surface area (Å²) in [5.74, 6) is 1.49. The van der Waals surface area contributed by atoms with E-state index in [0.717, 1.165) is 46.7 Å². The summed E-state index contributed by atoms with van der Waals surface area (Å²) in [6, 6.07) is 9.73. The fraction of sp³-hybridized carbons (Fsp3) is 0.300. The summed E-state index contributed by atoms with van der Waals surface area (Å²) in [6.45, 7) is 3.51. The lowest BCUT2D eigenvalue weighted by Crippen LogP contribution is -2.41. The number of aromatic nitrogens is 4. The highest BCUT2D eigenvalue weighted by Gasteiger charge is 2.27. The van der Waals surface area contributed by atoms with Crippen LogP contribution < -0.4 is 10.2 Å². The summed E-state index contributed by atoms with van der Waals surface area (Å²) in [5.41, 5.74) is 1.89. The van der Waals surface area contributed by atoms with Gasteiger partial charge < -0.3 is 10.2 Å². The van der Waals surface area contributed by atoms with Gasteiger partial charge in [-0.2, -0.15) is 0 Å². The second-order valence-corrected chi connectivity index (χ2v) is 7.87. The molecule has 1 atom stereocenters. The number of piperidine rings is 1. The number of benzene rings is 1. The summed E-state index contributed by atoms with van der Waals surface area (Å²) in [7, 11) is 0. The molecule has 0 spiro atoms. The molecule has 7 nitrogen and oxygen atoms in total. The van der Waals surface area contributed by atoms with Crippen molar-refractivity contribution in [3.05, 3.63) is 59.1 Å². The summed E-state index contributed by atoms with van der Waals surface area (Å²) in [5, 5.41) is 11.7. The van der Waals surface area contributed by atoms with E-state index < -0.39 is 0 Å². The van der Waals surface area contributed by atoms with Crippen LogP contribution in [0.4, 0.5) is 11.5 Å². The van der Waals surface area contributed by atoms with Crippen LogP contribution >= 0.6 is 15.9 Å². The molecule has 1 amide bonds. The van der Waals surface area contributed by atoms with E-state index >= 15 is 0 Å². The summed E-state index contributed by atoms with van der Waals surface area (Å²) < 4.78 is 2.81. The van der Waals surface area contributed by atoms with Gasteiger partial charge in [0.05, 0.1) is 5.92 Å². The lowest BCUT2D eigenvalue weighted by Gasteiger charge is -2.32. The number of nitrogens with one attached hydrogen (secondary N) is 1. The van der Waals surface area contributed by atoms with Gasteiger partial charge in [0.1, 0.15) is 6.33 Å². The molecule has 0 bridgehead atoms. The molecule has 28 heavy (non-hydrogen) atoms. The average Bonchev–Trinajstić information content (AvgIpc) is 3.25. The zero-order chi connectivity index (χ0) is 19.5. The fourth-order valence-corrected chi connectivity index (χ4v) is 3.90. The minimum absolute atomic E-state index is 0.0538. The van der Waals surface area contributed by atoms with Crippen LogP contribution in [0.15, 0.2) is 53.5 Å². The fourth-order valence-electron chi connectivity index (χ4n) is 3.42. The van der Waals surface area contributed by atoms with Gasteiger partial charge in [0.2, 0.25) is 5.91 Å². The van der Waals surface area contributed by atoms with Crippen molar-refractivity contribution < 1.29 is 4.79 Å². The molecule has 8 heteroatoms. The average molecular weight is 441 g/mol. The van der Waals surface area contributed by atoms with E-state index in [0.29, 0.717) is 6.54 Å². The van der Waals surface area contributed by atoms with E-state index in [1.165, 1.54) is 0 Å². The van der Waals surface area contributed by atoms with Gasteiger partial charge >= 0.3 is 0 Å². The first-order valence-electron chi connectivity index (χ1n) is 9.24. The smallest absolute Gasteiger partial charge is 0.229 e. The van der Waals surface area contributed by atoms with E-state index in [-0.39, 0.29) is 11.8 Å². The third-order valence-corrected chi connectivity index (χ3v) is 5.46. The van der Waals surface area contributed by atoms with Crippen LogP contribution in [0.25, 0.3) is 5.82 Å². The van der Waals surface area contributed by atoms with Crippen molar-refractivity contribution in [3.8, 4) is 5.82 Å². The van der Waals surface area contributed by atoms with Gasteiger partial charge in [0.15, 0.2) is 11.6 Å².